The fraction of sp³-hybridized carbons (Fsp3) is 0.683. The first kappa shape index (κ1) is 68.4. The number of aliphatic hydroxyl groups excluding tert-OH is 1. The van der Waals surface area contributed by atoms with E-state index < -0.39 is 64.4 Å². The van der Waals surface area contributed by atoms with Crippen LogP contribution in [-0.4, -0.2) is 66.5 Å². The number of carbonyl (C=O) groups excluding carboxylic acids is 3. The second kappa shape index (κ2) is 53.7. The van der Waals surface area contributed by atoms with Crippen LogP contribution in [0.3, 0.4) is 0 Å². The van der Waals surface area contributed by atoms with Crippen molar-refractivity contribution in [1.82, 2.24) is 0 Å². The van der Waals surface area contributed by atoms with Crippen LogP contribution in [-0.2, 0) is 42.2 Å². The number of hydrogen-bond donors (Lipinski definition) is 2. The minimum Gasteiger partial charge on any atom is -0.461 e. The number of hydrogen-bond acceptors (Lipinski definition) is 10. The van der Waals surface area contributed by atoms with Gasteiger partial charge in [0.2, 0.25) is 0 Å². The fourth-order valence-electron chi connectivity index (χ4n) is 7.26. The predicted octanol–water partition coefficient (Wildman–Crippen LogP) is 16.5. The Hall–Kier alpha value is -3.60. The molecule has 0 rings (SSSR count). The quantitative estimate of drug-likeness (QED) is 0.0197. The Morgan fingerprint density at radius 1 is 0.417 bits per heavy atom. The van der Waals surface area contributed by atoms with E-state index in [-0.39, 0.29) is 19.3 Å². The number of carbonyl (C=O) groups is 3. The highest BCUT2D eigenvalue weighted by molar-refractivity contribution is 7.47. The molecule has 412 valence electrons. The number of aliphatic hydroxyl groups is 1. The molecule has 2 N–H and O–H groups in total. The van der Waals surface area contributed by atoms with Gasteiger partial charge in [-0.1, -0.05) is 221 Å². The predicted molar refractivity (Wildman–Crippen MR) is 297 cm³/mol. The third kappa shape index (κ3) is 51.3. The van der Waals surface area contributed by atoms with Crippen LogP contribution in [0.4, 0.5) is 0 Å². The van der Waals surface area contributed by atoms with Crippen LogP contribution in [0.2, 0.25) is 0 Å². The van der Waals surface area contributed by atoms with Gasteiger partial charge >= 0.3 is 25.7 Å². The SMILES string of the molecule is CC/C=C\C/C=C\C/C=C\C/C=C\C/C=C\CC(=O)OCC(COP(=O)(O)OCC(CO)OC(=O)CCCCCCCCCCCCC)OC(=O)CCCCCCCC/C=C\C/C=C\C/C=C\CCCCC. The summed E-state index contributed by atoms with van der Waals surface area (Å²) in [5.74, 6) is -1.64. The largest absolute Gasteiger partial charge is 0.472 e. The number of esters is 3. The fourth-order valence-corrected chi connectivity index (χ4v) is 8.04. The molecule has 0 aromatic rings. The van der Waals surface area contributed by atoms with Gasteiger partial charge in [0.1, 0.15) is 12.7 Å². The first-order chi connectivity index (χ1) is 35.2. The molecule has 0 saturated heterocycles. The number of ether oxygens (including phenoxy) is 3. The molecule has 12 heteroatoms. The molecule has 0 amide bonds. The van der Waals surface area contributed by atoms with Crippen molar-refractivity contribution in [1.29, 1.82) is 0 Å². The maximum Gasteiger partial charge on any atom is 0.472 e. The van der Waals surface area contributed by atoms with Gasteiger partial charge in [-0.25, -0.2) is 4.57 Å². The molecule has 3 atom stereocenters. The Morgan fingerprint density at radius 2 is 0.764 bits per heavy atom. The normalized spacial score (nSPS) is 14.1. The highest BCUT2D eigenvalue weighted by Crippen LogP contribution is 2.43. The number of phosphoric ester groups is 1. The molecule has 0 aromatic heterocycles. The monoisotopic (exact) mass is 1030 g/mol. The number of phosphoric acid groups is 1. The van der Waals surface area contributed by atoms with E-state index in [0.29, 0.717) is 19.3 Å². The lowest BCUT2D eigenvalue weighted by molar-refractivity contribution is -0.161. The molecular weight excluding hydrogens is 928 g/mol. The van der Waals surface area contributed by atoms with Gasteiger partial charge in [0.05, 0.1) is 26.2 Å². The van der Waals surface area contributed by atoms with Gasteiger partial charge in [-0.15, -0.1) is 0 Å². The molecule has 0 saturated carbocycles. The smallest absolute Gasteiger partial charge is 0.461 e. The van der Waals surface area contributed by atoms with Crippen molar-refractivity contribution >= 4 is 25.7 Å². The zero-order valence-corrected chi connectivity index (χ0v) is 46.3. The summed E-state index contributed by atoms with van der Waals surface area (Å²) >= 11 is 0. The van der Waals surface area contributed by atoms with E-state index in [4.69, 9.17) is 23.3 Å². The van der Waals surface area contributed by atoms with Crippen LogP contribution >= 0.6 is 7.82 Å². The van der Waals surface area contributed by atoms with Gasteiger partial charge in [-0.3, -0.25) is 23.4 Å². The van der Waals surface area contributed by atoms with E-state index in [1.165, 1.54) is 70.6 Å². The third-order valence-corrected chi connectivity index (χ3v) is 12.5. The summed E-state index contributed by atoms with van der Waals surface area (Å²) in [5, 5.41) is 9.78. The molecule has 0 fully saturated rings. The summed E-state index contributed by atoms with van der Waals surface area (Å²) in [6.45, 7) is 4.36. The van der Waals surface area contributed by atoms with Gasteiger partial charge in [0, 0.05) is 12.8 Å². The first-order valence-electron chi connectivity index (χ1n) is 28.1. The Bertz CT molecular complexity index is 1580. The van der Waals surface area contributed by atoms with Crippen LogP contribution < -0.4 is 0 Å². The molecule has 0 bridgehead atoms. The number of unbranched alkanes of at least 4 members (excludes halogenated alkanes) is 19. The Labute approximate surface area is 438 Å². The molecule has 0 aromatic carbocycles. The molecule has 0 radical (unpaired) electrons. The van der Waals surface area contributed by atoms with Crippen molar-refractivity contribution in [2.75, 3.05) is 26.4 Å². The molecule has 0 spiro atoms. The highest BCUT2D eigenvalue weighted by atomic mass is 31.2. The lowest BCUT2D eigenvalue weighted by Gasteiger charge is -2.21. The molecule has 11 nitrogen and oxygen atoms in total. The molecule has 0 heterocycles. The summed E-state index contributed by atoms with van der Waals surface area (Å²) in [4.78, 5) is 48.4. The van der Waals surface area contributed by atoms with Crippen LogP contribution in [0.25, 0.3) is 0 Å². The average Bonchev–Trinajstić information content (AvgIpc) is 3.37. The van der Waals surface area contributed by atoms with E-state index in [9.17, 15) is 28.9 Å². The summed E-state index contributed by atoms with van der Waals surface area (Å²) in [7, 11) is -4.77. The van der Waals surface area contributed by atoms with Gasteiger partial charge < -0.3 is 24.2 Å². The molecule has 0 aliphatic carbocycles. The minimum absolute atomic E-state index is 0.0117. The molecular formula is C60H101O11P. The van der Waals surface area contributed by atoms with E-state index >= 15 is 0 Å². The number of allylic oxidation sites excluding steroid dienone is 15. The summed E-state index contributed by atoms with van der Waals surface area (Å²) < 4.78 is 39.3. The summed E-state index contributed by atoms with van der Waals surface area (Å²) in [6.07, 6.45) is 62.5. The molecule has 0 aliphatic heterocycles. The van der Waals surface area contributed by atoms with Gasteiger partial charge in [-0.2, -0.15) is 0 Å². The minimum atomic E-state index is -4.77. The highest BCUT2D eigenvalue weighted by Gasteiger charge is 2.28. The topological polar surface area (TPSA) is 155 Å². The van der Waals surface area contributed by atoms with Crippen molar-refractivity contribution in [3.8, 4) is 0 Å². The van der Waals surface area contributed by atoms with Crippen molar-refractivity contribution in [2.24, 2.45) is 0 Å². The van der Waals surface area contributed by atoms with Crippen molar-refractivity contribution < 1.29 is 52.2 Å². The average molecular weight is 1030 g/mol. The molecule has 0 aliphatic rings. The first-order valence-corrected chi connectivity index (χ1v) is 29.6. The van der Waals surface area contributed by atoms with Gasteiger partial charge in [-0.05, 0) is 83.5 Å². The Balaban J connectivity index is 4.86. The van der Waals surface area contributed by atoms with Crippen molar-refractivity contribution in [3.05, 3.63) is 97.2 Å². The van der Waals surface area contributed by atoms with Crippen molar-refractivity contribution in [2.45, 2.75) is 238 Å². The van der Waals surface area contributed by atoms with Crippen molar-refractivity contribution in [3.63, 3.8) is 0 Å². The second-order valence-corrected chi connectivity index (χ2v) is 19.8. The second-order valence-electron chi connectivity index (χ2n) is 18.4. The van der Waals surface area contributed by atoms with E-state index in [1.807, 2.05) is 12.2 Å². The lowest BCUT2D eigenvalue weighted by atomic mass is 10.1. The summed E-state index contributed by atoms with van der Waals surface area (Å²) in [6, 6.07) is 0. The standard InChI is InChI=1S/C60H101O11P/c1-4-7-10-13-16-19-22-24-26-27-28-29-31-33-36-39-42-45-48-51-60(64)71-57(53-67-58(62)49-46-43-40-37-35-32-30-25-23-20-17-14-11-8-5-2)55-69-72(65,66)68-54-56(52-61)70-59(63)50-47-44-41-38-34-21-18-15-12-9-6-3/h8,11,16-17,19-20,24-26,28-30,35,37,43,46,56-57,61H,4-7,9-10,12-15,18,21-23,27,31-34,36,38-42,44-45,47-55H2,1-3H3,(H,65,66)/b11-8-,19-16-,20-17-,26-24-,29-28-,30-25-,37-35-,46-43-. The van der Waals surface area contributed by atoms with E-state index in [0.717, 1.165) is 96.3 Å². The van der Waals surface area contributed by atoms with Crippen LogP contribution in [0.1, 0.15) is 226 Å². The zero-order valence-electron chi connectivity index (χ0n) is 45.4. The third-order valence-electron chi connectivity index (χ3n) is 11.5. The van der Waals surface area contributed by atoms with E-state index in [2.05, 4.69) is 99.8 Å². The molecule has 72 heavy (non-hydrogen) atoms. The lowest BCUT2D eigenvalue weighted by Crippen LogP contribution is -2.30. The Morgan fingerprint density at radius 3 is 1.21 bits per heavy atom. The van der Waals surface area contributed by atoms with Gasteiger partial charge in [0.15, 0.2) is 6.10 Å². The number of rotatable bonds is 51. The summed E-state index contributed by atoms with van der Waals surface area (Å²) in [5.41, 5.74) is 0. The van der Waals surface area contributed by atoms with Crippen LogP contribution in [0.15, 0.2) is 97.2 Å². The van der Waals surface area contributed by atoms with Crippen LogP contribution in [0.5, 0.6) is 0 Å². The van der Waals surface area contributed by atoms with Gasteiger partial charge in [0.25, 0.3) is 0 Å². The zero-order chi connectivity index (χ0) is 52.7. The van der Waals surface area contributed by atoms with Crippen LogP contribution in [0, 0.1) is 0 Å². The maximum absolute atomic E-state index is 12.9. The maximum atomic E-state index is 12.9. The Kier molecular flexibility index (Phi) is 51.0. The molecule has 3 unspecified atom stereocenters. The van der Waals surface area contributed by atoms with E-state index in [1.54, 1.807) is 6.08 Å².